The Morgan fingerprint density at radius 2 is 1.82 bits per heavy atom. The van der Waals surface area contributed by atoms with E-state index in [0.717, 1.165) is 23.4 Å². The normalized spacial score (nSPS) is 14.1. The summed E-state index contributed by atoms with van der Waals surface area (Å²) in [6.07, 6.45) is 0.882. The Morgan fingerprint density at radius 3 is 2.54 bits per heavy atom. The minimum Gasteiger partial charge on any atom is -0.496 e. The van der Waals surface area contributed by atoms with Crippen LogP contribution in [-0.4, -0.2) is 50.8 Å². The van der Waals surface area contributed by atoms with Gasteiger partial charge in [-0.3, -0.25) is 9.69 Å². The van der Waals surface area contributed by atoms with Crippen LogP contribution in [0.15, 0.2) is 48.5 Å². The molecule has 0 aliphatic carbocycles. The van der Waals surface area contributed by atoms with Gasteiger partial charge in [0.15, 0.2) is 0 Å². The molecule has 1 fully saturated rings. The molecule has 1 N–H and O–H groups in total. The highest BCUT2D eigenvalue weighted by molar-refractivity contribution is 5.94. The second kappa shape index (κ2) is 9.23. The van der Waals surface area contributed by atoms with E-state index in [1.54, 1.807) is 24.1 Å². The third kappa shape index (κ3) is 4.61. The van der Waals surface area contributed by atoms with Crippen molar-refractivity contribution in [2.75, 3.05) is 44.1 Å². The van der Waals surface area contributed by atoms with Gasteiger partial charge in [-0.15, -0.1) is 0 Å². The van der Waals surface area contributed by atoms with Gasteiger partial charge in [-0.2, -0.15) is 0 Å². The van der Waals surface area contributed by atoms with Crippen LogP contribution in [0.2, 0.25) is 0 Å². The van der Waals surface area contributed by atoms with Crippen molar-refractivity contribution in [3.05, 3.63) is 54.1 Å². The lowest BCUT2D eigenvalue weighted by Crippen LogP contribution is -2.49. The van der Waals surface area contributed by atoms with E-state index in [4.69, 9.17) is 9.47 Å². The van der Waals surface area contributed by atoms with Gasteiger partial charge in [0.2, 0.25) is 5.91 Å². The summed E-state index contributed by atoms with van der Waals surface area (Å²) in [5, 5.41) is 2.75. The van der Waals surface area contributed by atoms with Crippen molar-refractivity contribution < 1.29 is 19.1 Å². The largest absolute Gasteiger partial charge is 0.496 e. The Kier molecular flexibility index (Phi) is 6.49. The maximum atomic E-state index is 13.0. The predicted octanol–water partition coefficient (Wildman–Crippen LogP) is 3.11. The molecule has 0 aromatic heterocycles. The molecular formula is C21H25N3O4. The van der Waals surface area contributed by atoms with Gasteiger partial charge in [0, 0.05) is 37.1 Å². The molecule has 1 aliphatic heterocycles. The van der Waals surface area contributed by atoms with Gasteiger partial charge in [-0.25, -0.2) is 4.79 Å². The van der Waals surface area contributed by atoms with Crippen molar-refractivity contribution in [1.82, 2.24) is 4.90 Å². The second-order valence-corrected chi connectivity index (χ2v) is 6.55. The van der Waals surface area contributed by atoms with Crippen LogP contribution in [-0.2, 0) is 16.1 Å². The summed E-state index contributed by atoms with van der Waals surface area (Å²) in [6.45, 7) is 1.88. The quantitative estimate of drug-likeness (QED) is 0.798. The first kappa shape index (κ1) is 19.7. The number of anilines is 2. The molecule has 28 heavy (non-hydrogen) atoms. The summed E-state index contributed by atoms with van der Waals surface area (Å²) in [4.78, 5) is 28.2. The van der Waals surface area contributed by atoms with Crippen molar-refractivity contribution in [2.24, 2.45) is 0 Å². The van der Waals surface area contributed by atoms with Crippen LogP contribution >= 0.6 is 0 Å². The van der Waals surface area contributed by atoms with Crippen LogP contribution in [0.25, 0.3) is 0 Å². The average Bonchev–Trinajstić information content (AvgIpc) is 2.71. The SMILES string of the molecule is COCC(=O)Nc1ccc(N2CCCN(Cc3ccccc3OC)C2=O)cc1. The second-order valence-electron chi connectivity index (χ2n) is 6.55. The summed E-state index contributed by atoms with van der Waals surface area (Å²) in [5.41, 5.74) is 2.46. The molecule has 7 nitrogen and oxygen atoms in total. The number of amides is 3. The van der Waals surface area contributed by atoms with E-state index >= 15 is 0 Å². The zero-order valence-corrected chi connectivity index (χ0v) is 16.2. The Labute approximate surface area is 164 Å². The third-order valence-corrected chi connectivity index (χ3v) is 4.60. The number of nitrogens with zero attached hydrogens (tertiary/aromatic N) is 2. The summed E-state index contributed by atoms with van der Waals surface area (Å²) >= 11 is 0. The van der Waals surface area contributed by atoms with E-state index in [-0.39, 0.29) is 18.5 Å². The van der Waals surface area contributed by atoms with Crippen molar-refractivity contribution in [1.29, 1.82) is 0 Å². The maximum absolute atomic E-state index is 13.0. The van der Waals surface area contributed by atoms with Gasteiger partial charge in [0.1, 0.15) is 12.4 Å². The van der Waals surface area contributed by atoms with Gasteiger partial charge in [-0.1, -0.05) is 18.2 Å². The fraction of sp³-hybridized carbons (Fsp3) is 0.333. The van der Waals surface area contributed by atoms with Gasteiger partial charge in [0.25, 0.3) is 0 Å². The molecule has 0 saturated carbocycles. The number of benzene rings is 2. The molecule has 2 aromatic rings. The lowest BCUT2D eigenvalue weighted by molar-refractivity contribution is -0.119. The minimum absolute atomic E-state index is 0.00424. The topological polar surface area (TPSA) is 71.1 Å². The van der Waals surface area contributed by atoms with E-state index in [9.17, 15) is 9.59 Å². The van der Waals surface area contributed by atoms with E-state index < -0.39 is 0 Å². The molecule has 1 saturated heterocycles. The summed E-state index contributed by atoms with van der Waals surface area (Å²) in [7, 11) is 3.11. The summed E-state index contributed by atoms with van der Waals surface area (Å²) < 4.78 is 10.2. The molecule has 1 heterocycles. The minimum atomic E-state index is -0.215. The Bertz CT molecular complexity index is 823. The summed E-state index contributed by atoms with van der Waals surface area (Å²) in [6, 6.07) is 15.0. The van der Waals surface area contributed by atoms with Crippen LogP contribution in [0, 0.1) is 0 Å². The monoisotopic (exact) mass is 383 g/mol. The maximum Gasteiger partial charge on any atom is 0.324 e. The number of hydrogen-bond donors (Lipinski definition) is 1. The van der Waals surface area contributed by atoms with Crippen LogP contribution in [0.5, 0.6) is 5.75 Å². The molecule has 0 radical (unpaired) electrons. The van der Waals surface area contributed by atoms with E-state index in [1.807, 2.05) is 41.3 Å². The number of carbonyl (C=O) groups excluding carboxylic acids is 2. The Balaban J connectivity index is 1.69. The lowest BCUT2D eigenvalue weighted by atomic mass is 10.1. The third-order valence-electron chi connectivity index (χ3n) is 4.60. The number of urea groups is 1. The van der Waals surface area contributed by atoms with Crippen molar-refractivity contribution in [2.45, 2.75) is 13.0 Å². The molecule has 0 spiro atoms. The van der Waals surface area contributed by atoms with Crippen molar-refractivity contribution >= 4 is 23.3 Å². The van der Waals surface area contributed by atoms with Gasteiger partial charge in [0.05, 0.1) is 13.7 Å². The molecule has 1 aliphatic rings. The zero-order valence-electron chi connectivity index (χ0n) is 16.2. The number of rotatable bonds is 7. The highest BCUT2D eigenvalue weighted by atomic mass is 16.5. The van der Waals surface area contributed by atoms with Crippen molar-refractivity contribution in [3.8, 4) is 5.75 Å². The summed E-state index contributed by atoms with van der Waals surface area (Å²) in [5.74, 6) is 0.566. The molecule has 0 atom stereocenters. The van der Waals surface area contributed by atoms with Crippen LogP contribution < -0.4 is 15.0 Å². The highest BCUT2D eigenvalue weighted by Gasteiger charge is 2.27. The fourth-order valence-corrected chi connectivity index (χ4v) is 3.26. The number of ether oxygens (including phenoxy) is 2. The molecule has 7 heteroatoms. The molecule has 0 bridgehead atoms. The Hall–Kier alpha value is -3.06. The number of nitrogens with one attached hydrogen (secondary N) is 1. The van der Waals surface area contributed by atoms with E-state index in [0.29, 0.717) is 25.3 Å². The molecule has 3 rings (SSSR count). The van der Waals surface area contributed by atoms with Gasteiger partial charge in [-0.05, 0) is 36.8 Å². The molecule has 3 amide bonds. The lowest BCUT2D eigenvalue weighted by Gasteiger charge is -2.36. The van der Waals surface area contributed by atoms with E-state index in [1.165, 1.54) is 7.11 Å². The van der Waals surface area contributed by atoms with Gasteiger partial charge >= 0.3 is 6.03 Å². The molecule has 2 aromatic carbocycles. The van der Waals surface area contributed by atoms with Crippen LogP contribution in [0.1, 0.15) is 12.0 Å². The zero-order chi connectivity index (χ0) is 19.9. The number of methoxy groups -OCH3 is 2. The molecule has 148 valence electrons. The first-order chi connectivity index (χ1) is 13.6. The smallest absolute Gasteiger partial charge is 0.324 e. The van der Waals surface area contributed by atoms with Crippen LogP contribution in [0.3, 0.4) is 0 Å². The van der Waals surface area contributed by atoms with Crippen molar-refractivity contribution in [3.63, 3.8) is 0 Å². The Morgan fingerprint density at radius 1 is 1.07 bits per heavy atom. The number of para-hydroxylation sites is 1. The first-order valence-corrected chi connectivity index (χ1v) is 9.19. The van der Waals surface area contributed by atoms with Gasteiger partial charge < -0.3 is 19.7 Å². The number of carbonyl (C=O) groups is 2. The molecule has 0 unspecified atom stereocenters. The average molecular weight is 383 g/mol. The van der Waals surface area contributed by atoms with E-state index in [2.05, 4.69) is 5.32 Å². The molecular weight excluding hydrogens is 358 g/mol. The highest BCUT2D eigenvalue weighted by Crippen LogP contribution is 2.25. The predicted molar refractivity (Wildman–Crippen MR) is 108 cm³/mol. The standard InChI is InChI=1S/C21H25N3O4/c1-27-15-20(25)22-17-8-10-18(11-9-17)24-13-5-12-23(21(24)26)14-16-6-3-4-7-19(16)28-2/h3-4,6-11H,5,12-15H2,1-2H3,(H,22,25). The van der Waals surface area contributed by atoms with Crippen LogP contribution in [0.4, 0.5) is 16.2 Å². The first-order valence-electron chi connectivity index (χ1n) is 9.19. The fourth-order valence-electron chi connectivity index (χ4n) is 3.26. The number of hydrogen-bond acceptors (Lipinski definition) is 4.